The highest BCUT2D eigenvalue weighted by atomic mass is 32.2. The summed E-state index contributed by atoms with van der Waals surface area (Å²) >= 11 is 2.71. The molecule has 1 aliphatic rings. The number of ether oxygens (including phenoxy) is 2. The number of thioether (sulfide) groups is 2. The minimum absolute atomic E-state index is 0.0636. The number of nitrogens with zero attached hydrogens (tertiary/aromatic N) is 1. The third-order valence-corrected chi connectivity index (χ3v) is 7.42. The standard InChI is InChI=1S/C17H30N2O7S3/c1-6-25-15(21)13-11-28-9-10-29(23,24)19(13)14(20)12(7-8-27-5)18-16(22)26-17(2,3)4/h12-13H,6-11H2,1-5H3,(H,18,22)/t12-,13-/m0/s1. The maximum Gasteiger partial charge on any atom is 0.408 e. The lowest BCUT2D eigenvalue weighted by molar-refractivity contribution is -0.150. The summed E-state index contributed by atoms with van der Waals surface area (Å²) < 4.78 is 36.4. The van der Waals surface area contributed by atoms with Crippen LogP contribution >= 0.6 is 23.5 Å². The minimum Gasteiger partial charge on any atom is -0.464 e. The lowest BCUT2D eigenvalue weighted by atomic mass is 10.2. The van der Waals surface area contributed by atoms with E-state index >= 15 is 0 Å². The molecule has 0 saturated carbocycles. The highest BCUT2D eigenvalue weighted by Gasteiger charge is 2.44. The molecule has 2 atom stereocenters. The maximum atomic E-state index is 13.2. The fraction of sp³-hybridized carbons (Fsp3) is 0.824. The quantitative estimate of drug-likeness (QED) is 0.552. The second kappa shape index (κ2) is 11.3. The van der Waals surface area contributed by atoms with Crippen LogP contribution in [-0.2, 0) is 29.1 Å². The zero-order valence-electron chi connectivity index (χ0n) is 17.4. The third-order valence-electron chi connectivity index (χ3n) is 3.72. The zero-order valence-corrected chi connectivity index (χ0v) is 19.9. The van der Waals surface area contributed by atoms with E-state index in [1.165, 1.54) is 23.5 Å². The van der Waals surface area contributed by atoms with Gasteiger partial charge < -0.3 is 14.8 Å². The Morgan fingerprint density at radius 2 is 1.97 bits per heavy atom. The first-order valence-electron chi connectivity index (χ1n) is 9.21. The fourth-order valence-electron chi connectivity index (χ4n) is 2.51. The van der Waals surface area contributed by atoms with E-state index in [2.05, 4.69) is 5.32 Å². The van der Waals surface area contributed by atoms with E-state index in [0.29, 0.717) is 10.1 Å². The number of nitrogens with one attached hydrogen (secondary N) is 1. The van der Waals surface area contributed by atoms with Crippen LogP contribution in [0.15, 0.2) is 0 Å². The molecule has 0 aromatic heterocycles. The van der Waals surface area contributed by atoms with Crippen LogP contribution in [0.3, 0.4) is 0 Å². The summed E-state index contributed by atoms with van der Waals surface area (Å²) in [5.74, 6) is -1.05. The van der Waals surface area contributed by atoms with Crippen molar-refractivity contribution in [1.82, 2.24) is 9.62 Å². The number of rotatable bonds is 7. The predicted molar refractivity (Wildman–Crippen MR) is 115 cm³/mol. The highest BCUT2D eigenvalue weighted by molar-refractivity contribution is 8.01. The Kier molecular flexibility index (Phi) is 10.1. The van der Waals surface area contributed by atoms with Gasteiger partial charge in [-0.25, -0.2) is 22.3 Å². The van der Waals surface area contributed by atoms with Gasteiger partial charge in [0.15, 0.2) is 6.04 Å². The Labute approximate surface area is 181 Å². The molecule has 1 aliphatic heterocycles. The van der Waals surface area contributed by atoms with Gasteiger partial charge in [0.1, 0.15) is 11.6 Å². The normalized spacial score (nSPS) is 20.3. The van der Waals surface area contributed by atoms with Gasteiger partial charge in [0, 0.05) is 11.5 Å². The van der Waals surface area contributed by atoms with Crippen LogP contribution in [0.5, 0.6) is 0 Å². The van der Waals surface area contributed by atoms with Crippen LogP contribution in [0.25, 0.3) is 0 Å². The number of hydrogen-bond acceptors (Lipinski definition) is 9. The Hall–Kier alpha value is -1.14. The van der Waals surface area contributed by atoms with Crippen molar-refractivity contribution in [3.63, 3.8) is 0 Å². The van der Waals surface area contributed by atoms with Crippen LogP contribution in [0.1, 0.15) is 34.1 Å². The number of hydrogen-bond donors (Lipinski definition) is 1. The molecule has 1 saturated heterocycles. The van der Waals surface area contributed by atoms with Gasteiger partial charge in [-0.1, -0.05) is 0 Å². The molecule has 1 N–H and O–H groups in total. The van der Waals surface area contributed by atoms with E-state index in [0.717, 1.165) is 0 Å². The first kappa shape index (κ1) is 25.9. The second-order valence-corrected chi connectivity index (χ2v) is 11.4. The molecule has 0 radical (unpaired) electrons. The predicted octanol–water partition coefficient (Wildman–Crippen LogP) is 1.47. The van der Waals surface area contributed by atoms with Crippen LogP contribution in [0, 0.1) is 0 Å². The average Bonchev–Trinajstić information content (AvgIpc) is 2.74. The van der Waals surface area contributed by atoms with Crippen molar-refractivity contribution in [3.05, 3.63) is 0 Å². The van der Waals surface area contributed by atoms with E-state index in [-0.39, 0.29) is 30.3 Å². The van der Waals surface area contributed by atoms with Crippen LogP contribution in [0.4, 0.5) is 4.79 Å². The number of alkyl carbamates (subject to hydrolysis) is 1. The summed E-state index contributed by atoms with van der Waals surface area (Å²) in [5, 5.41) is 2.47. The number of carbonyl (C=O) groups is 3. The summed E-state index contributed by atoms with van der Waals surface area (Å²) in [6, 6.07) is -2.41. The van der Waals surface area contributed by atoms with E-state index in [1.807, 2.05) is 6.26 Å². The fourth-order valence-corrected chi connectivity index (χ4v) is 6.21. The van der Waals surface area contributed by atoms with Gasteiger partial charge in [0.2, 0.25) is 10.0 Å². The summed E-state index contributed by atoms with van der Waals surface area (Å²) in [4.78, 5) is 37.8. The van der Waals surface area contributed by atoms with Crippen molar-refractivity contribution < 1.29 is 32.3 Å². The number of amides is 2. The van der Waals surface area contributed by atoms with E-state index in [1.54, 1.807) is 27.7 Å². The smallest absolute Gasteiger partial charge is 0.408 e. The molecule has 0 unspecified atom stereocenters. The number of sulfonamides is 1. The zero-order chi connectivity index (χ0) is 22.2. The van der Waals surface area contributed by atoms with Crippen LogP contribution < -0.4 is 5.32 Å². The van der Waals surface area contributed by atoms with Gasteiger partial charge in [-0.3, -0.25) is 4.79 Å². The Morgan fingerprint density at radius 1 is 1.31 bits per heavy atom. The molecular formula is C17H30N2O7S3. The first-order valence-corrected chi connectivity index (χ1v) is 13.4. The van der Waals surface area contributed by atoms with Crippen LogP contribution in [-0.4, -0.2) is 84.3 Å². The lowest BCUT2D eigenvalue weighted by Gasteiger charge is -2.31. The summed E-state index contributed by atoms with van der Waals surface area (Å²) in [6.07, 6.45) is 1.19. The Morgan fingerprint density at radius 3 is 2.52 bits per heavy atom. The molecule has 12 heteroatoms. The molecule has 29 heavy (non-hydrogen) atoms. The Bertz CT molecular complexity index is 692. The minimum atomic E-state index is -4.05. The summed E-state index contributed by atoms with van der Waals surface area (Å²) in [7, 11) is -4.05. The topological polar surface area (TPSA) is 119 Å². The van der Waals surface area contributed by atoms with E-state index in [9.17, 15) is 22.8 Å². The number of esters is 1. The van der Waals surface area contributed by atoms with Gasteiger partial charge >= 0.3 is 12.1 Å². The van der Waals surface area contributed by atoms with Crippen molar-refractivity contribution in [2.75, 3.05) is 35.9 Å². The summed E-state index contributed by atoms with van der Waals surface area (Å²) in [6.45, 7) is 6.71. The van der Waals surface area contributed by atoms with Crippen LogP contribution in [0.2, 0.25) is 0 Å². The monoisotopic (exact) mass is 470 g/mol. The largest absolute Gasteiger partial charge is 0.464 e. The lowest BCUT2D eigenvalue weighted by Crippen LogP contribution is -2.57. The maximum absolute atomic E-state index is 13.2. The molecular weight excluding hydrogens is 440 g/mol. The molecule has 1 rings (SSSR count). The Balaban J connectivity index is 3.21. The van der Waals surface area contributed by atoms with Gasteiger partial charge in [0.25, 0.3) is 5.91 Å². The second-order valence-electron chi connectivity index (χ2n) is 7.27. The molecule has 1 heterocycles. The van der Waals surface area contributed by atoms with Crippen molar-refractivity contribution >= 4 is 51.5 Å². The number of carbonyl (C=O) groups excluding carboxylic acids is 3. The first-order chi connectivity index (χ1) is 13.4. The third kappa shape index (κ3) is 8.25. The highest BCUT2D eigenvalue weighted by Crippen LogP contribution is 2.23. The van der Waals surface area contributed by atoms with Gasteiger partial charge in [-0.2, -0.15) is 23.5 Å². The molecule has 1 fully saturated rings. The van der Waals surface area contributed by atoms with Crippen molar-refractivity contribution in [3.8, 4) is 0 Å². The van der Waals surface area contributed by atoms with Gasteiger partial charge in [0.05, 0.1) is 12.4 Å². The molecule has 0 spiro atoms. The van der Waals surface area contributed by atoms with E-state index in [4.69, 9.17) is 9.47 Å². The molecule has 0 aromatic carbocycles. The molecule has 9 nitrogen and oxygen atoms in total. The van der Waals surface area contributed by atoms with Gasteiger partial charge in [-0.15, -0.1) is 0 Å². The SMILES string of the molecule is CCOC(=O)[C@@H]1CSCCS(=O)(=O)N1C(=O)[C@H](CCSC)NC(=O)OC(C)(C)C. The molecule has 0 aliphatic carbocycles. The van der Waals surface area contributed by atoms with Gasteiger partial charge in [-0.05, 0) is 46.1 Å². The average molecular weight is 471 g/mol. The van der Waals surface area contributed by atoms with Crippen molar-refractivity contribution in [2.24, 2.45) is 0 Å². The molecule has 168 valence electrons. The van der Waals surface area contributed by atoms with E-state index < -0.39 is 45.7 Å². The van der Waals surface area contributed by atoms with Crippen molar-refractivity contribution in [2.45, 2.75) is 51.8 Å². The summed E-state index contributed by atoms with van der Waals surface area (Å²) in [5.41, 5.74) is -0.782. The molecule has 2 amide bonds. The molecule has 0 aromatic rings. The van der Waals surface area contributed by atoms with Crippen molar-refractivity contribution in [1.29, 1.82) is 0 Å². The molecule has 0 bridgehead atoms.